The second kappa shape index (κ2) is 13.9. The summed E-state index contributed by atoms with van der Waals surface area (Å²) >= 11 is 0. The van der Waals surface area contributed by atoms with Gasteiger partial charge in [0.2, 0.25) is 23.6 Å². The number of carbonyl (C=O) groups is 4. The number of likely N-dealkylation sites (tertiary alicyclic amines) is 1. The molecule has 0 N–H and O–H groups in total. The fourth-order valence-electron chi connectivity index (χ4n) is 8.22. The van der Waals surface area contributed by atoms with E-state index in [-0.39, 0.29) is 51.3 Å². The summed E-state index contributed by atoms with van der Waals surface area (Å²) in [6.45, 7) is 6.40. The smallest absolute Gasteiger partial charge is 0.238 e. The summed E-state index contributed by atoms with van der Waals surface area (Å²) in [5.41, 5.74) is 3.64. The highest BCUT2D eigenvalue weighted by molar-refractivity contribution is 6.23. The molecule has 2 heterocycles. The molecule has 2 aliphatic heterocycles. The van der Waals surface area contributed by atoms with Crippen LogP contribution in [-0.2, 0) is 24.6 Å². The Bertz CT molecular complexity index is 1970. The SMILES string of the molecule is C.C.C.Cc1ccc(Oc2ccc(C(C)(C)c3ccc(Oc4ccc(N5C(=O)C6C7C=CC(C8C(=O)N(C)C(=O)C78)C6C5=O)cc4)cc3)cc2)cc1. The van der Waals surface area contributed by atoms with Gasteiger partial charge in [-0.1, -0.05) is 90.2 Å². The lowest BCUT2D eigenvalue weighted by molar-refractivity contribution is -0.138. The minimum atomic E-state index is -0.643. The summed E-state index contributed by atoms with van der Waals surface area (Å²) in [5.74, 6) is -1.73. The van der Waals surface area contributed by atoms with Crippen molar-refractivity contribution in [3.63, 3.8) is 0 Å². The standard InChI is InChI=1S/C41H36N2O6.3CH4/c1-23-5-13-27(14-6-23)48-28-15-7-24(8-16-28)41(2,3)25-9-17-29(18-10-25)49-30-19-11-26(12-20-30)43-39(46)35-31-21-22-32(36(35)40(43)47)34-33(31)37(44)42(4)38(34)45;;;/h5-22,31-36H,1-4H3;3*1H4. The zero-order valence-corrected chi connectivity index (χ0v) is 27.7. The highest BCUT2D eigenvalue weighted by atomic mass is 16.5. The van der Waals surface area contributed by atoms with Crippen LogP contribution in [-0.4, -0.2) is 35.6 Å². The van der Waals surface area contributed by atoms with Gasteiger partial charge in [0.05, 0.1) is 29.4 Å². The topological polar surface area (TPSA) is 93.2 Å². The predicted molar refractivity (Wildman–Crippen MR) is 203 cm³/mol. The molecule has 6 unspecified atom stereocenters. The Labute approximate surface area is 307 Å². The van der Waals surface area contributed by atoms with Gasteiger partial charge < -0.3 is 9.47 Å². The number of carbonyl (C=O) groups excluding carboxylic acids is 4. The number of anilines is 1. The molecule has 2 saturated heterocycles. The van der Waals surface area contributed by atoms with Crippen molar-refractivity contribution in [2.75, 3.05) is 11.9 Å². The average Bonchev–Trinajstić information content (AvgIpc) is 3.52. The molecule has 0 aromatic heterocycles. The molecule has 4 amide bonds. The van der Waals surface area contributed by atoms with E-state index in [9.17, 15) is 19.2 Å². The fourth-order valence-corrected chi connectivity index (χ4v) is 8.22. The van der Waals surface area contributed by atoms with E-state index in [1.54, 1.807) is 24.3 Å². The van der Waals surface area contributed by atoms with Crippen molar-refractivity contribution < 1.29 is 28.7 Å². The minimum Gasteiger partial charge on any atom is -0.457 e. The van der Waals surface area contributed by atoms with Crippen molar-refractivity contribution in [3.05, 3.63) is 126 Å². The van der Waals surface area contributed by atoms with Gasteiger partial charge >= 0.3 is 0 Å². The molecule has 5 aliphatic rings. The molecule has 8 heteroatoms. The molecule has 6 atom stereocenters. The number of hydrogen-bond acceptors (Lipinski definition) is 6. The van der Waals surface area contributed by atoms with Crippen molar-refractivity contribution in [1.29, 1.82) is 0 Å². The van der Waals surface area contributed by atoms with Gasteiger partial charge in [-0.15, -0.1) is 0 Å². The van der Waals surface area contributed by atoms with E-state index < -0.39 is 35.5 Å². The Balaban J connectivity index is 0.00000174. The first-order valence-electron chi connectivity index (χ1n) is 16.6. The van der Waals surface area contributed by atoms with Gasteiger partial charge in [-0.25, -0.2) is 0 Å². The van der Waals surface area contributed by atoms with Crippen LogP contribution in [0.25, 0.3) is 0 Å². The van der Waals surface area contributed by atoms with E-state index in [1.807, 2.05) is 67.6 Å². The number of benzene rings is 4. The van der Waals surface area contributed by atoms with Gasteiger partial charge in [0.1, 0.15) is 23.0 Å². The summed E-state index contributed by atoms with van der Waals surface area (Å²) in [7, 11) is 1.48. The number of amides is 4. The number of aryl methyl sites for hydroxylation is 1. The summed E-state index contributed by atoms with van der Waals surface area (Å²) < 4.78 is 12.1. The van der Waals surface area contributed by atoms with Crippen LogP contribution in [0.3, 0.4) is 0 Å². The third-order valence-corrected chi connectivity index (χ3v) is 11.0. The molecule has 270 valence electrons. The number of imide groups is 2. The zero-order chi connectivity index (χ0) is 34.2. The van der Waals surface area contributed by atoms with Gasteiger partial charge in [-0.05, 0) is 78.7 Å². The summed E-state index contributed by atoms with van der Waals surface area (Å²) in [6, 6.07) is 31.0. The molecular weight excluding hydrogens is 652 g/mol. The first-order chi connectivity index (χ1) is 23.5. The second-order valence-corrected chi connectivity index (χ2v) is 14.1. The van der Waals surface area contributed by atoms with Crippen LogP contribution >= 0.6 is 0 Å². The zero-order valence-electron chi connectivity index (χ0n) is 27.7. The third kappa shape index (κ3) is 5.90. The number of ether oxygens (including phenoxy) is 2. The Hall–Kier alpha value is -5.50. The van der Waals surface area contributed by atoms with E-state index in [1.165, 1.54) is 17.5 Å². The molecule has 3 aliphatic carbocycles. The fraction of sp³-hybridized carbons (Fsp3) is 0.318. The summed E-state index contributed by atoms with van der Waals surface area (Å²) in [6.07, 6.45) is 3.74. The highest BCUT2D eigenvalue weighted by Crippen LogP contribution is 2.58. The quantitative estimate of drug-likeness (QED) is 0.141. The van der Waals surface area contributed by atoms with Gasteiger partial charge in [0.25, 0.3) is 0 Å². The molecule has 2 bridgehead atoms. The lowest BCUT2D eigenvalue weighted by Crippen LogP contribution is -2.50. The van der Waals surface area contributed by atoms with Crippen LogP contribution < -0.4 is 14.4 Å². The van der Waals surface area contributed by atoms with Crippen LogP contribution in [0.1, 0.15) is 52.8 Å². The number of hydrogen-bond donors (Lipinski definition) is 0. The average molecular weight is 701 g/mol. The molecule has 0 radical (unpaired) electrons. The molecule has 3 fully saturated rings. The Morgan fingerprint density at radius 2 is 0.827 bits per heavy atom. The highest BCUT2D eigenvalue weighted by Gasteiger charge is 2.68. The van der Waals surface area contributed by atoms with Crippen molar-refractivity contribution >= 4 is 29.3 Å². The maximum absolute atomic E-state index is 13.7. The van der Waals surface area contributed by atoms with Crippen molar-refractivity contribution in [2.24, 2.45) is 35.5 Å². The lowest BCUT2D eigenvalue weighted by Gasteiger charge is -2.44. The van der Waals surface area contributed by atoms with Crippen molar-refractivity contribution in [1.82, 2.24) is 4.90 Å². The maximum Gasteiger partial charge on any atom is 0.238 e. The third-order valence-electron chi connectivity index (χ3n) is 11.0. The van der Waals surface area contributed by atoms with E-state index in [0.29, 0.717) is 17.2 Å². The van der Waals surface area contributed by atoms with E-state index >= 15 is 0 Å². The van der Waals surface area contributed by atoms with Gasteiger partial charge in [0.15, 0.2) is 0 Å². The van der Waals surface area contributed by atoms with Gasteiger partial charge in [-0.3, -0.25) is 29.0 Å². The number of nitrogens with zero attached hydrogens (tertiary/aromatic N) is 2. The molecule has 9 rings (SSSR count). The van der Waals surface area contributed by atoms with E-state index in [0.717, 1.165) is 27.5 Å². The Morgan fingerprint density at radius 3 is 1.21 bits per heavy atom. The maximum atomic E-state index is 13.7. The summed E-state index contributed by atoms with van der Waals surface area (Å²) in [5, 5.41) is 0. The summed E-state index contributed by atoms with van der Waals surface area (Å²) in [4.78, 5) is 55.6. The van der Waals surface area contributed by atoms with Crippen LogP contribution in [0.5, 0.6) is 23.0 Å². The molecule has 52 heavy (non-hydrogen) atoms. The monoisotopic (exact) mass is 700 g/mol. The molecule has 8 nitrogen and oxygen atoms in total. The van der Waals surface area contributed by atoms with Crippen LogP contribution in [0, 0.1) is 42.4 Å². The van der Waals surface area contributed by atoms with Crippen molar-refractivity contribution in [3.8, 4) is 23.0 Å². The van der Waals surface area contributed by atoms with Gasteiger partial charge in [0, 0.05) is 24.3 Å². The Morgan fingerprint density at radius 1 is 0.500 bits per heavy atom. The van der Waals surface area contributed by atoms with Crippen molar-refractivity contribution in [2.45, 2.75) is 48.5 Å². The molecular formula is C44H48N2O6. The molecule has 0 spiro atoms. The normalized spacial score (nSPS) is 24.1. The van der Waals surface area contributed by atoms with Crippen LogP contribution in [0.2, 0.25) is 0 Å². The predicted octanol–water partition coefficient (Wildman–Crippen LogP) is 8.97. The lowest BCUT2D eigenvalue weighted by atomic mass is 9.54. The minimum absolute atomic E-state index is 0. The van der Waals surface area contributed by atoms with E-state index in [2.05, 4.69) is 38.1 Å². The number of allylic oxidation sites excluding steroid dienone is 2. The Kier molecular flexibility index (Phi) is 10.1. The molecule has 1 saturated carbocycles. The van der Waals surface area contributed by atoms with Gasteiger partial charge in [-0.2, -0.15) is 0 Å². The number of rotatable bonds is 7. The largest absolute Gasteiger partial charge is 0.457 e. The first-order valence-corrected chi connectivity index (χ1v) is 16.6. The molecule has 4 aromatic carbocycles. The van der Waals surface area contributed by atoms with Crippen LogP contribution in [0.4, 0.5) is 5.69 Å². The van der Waals surface area contributed by atoms with Crippen LogP contribution in [0.15, 0.2) is 109 Å². The molecule has 4 aromatic rings. The first kappa shape index (κ1) is 37.7. The van der Waals surface area contributed by atoms with E-state index in [4.69, 9.17) is 9.47 Å². The second-order valence-electron chi connectivity index (χ2n) is 14.1.